The molecule has 0 aliphatic rings. The molecule has 0 aliphatic carbocycles. The van der Waals surface area contributed by atoms with E-state index in [4.69, 9.17) is 0 Å². The summed E-state index contributed by atoms with van der Waals surface area (Å²) in [4.78, 5) is 6.88. The average molecular weight is 388 g/mol. The summed E-state index contributed by atoms with van der Waals surface area (Å²) in [5.74, 6) is 0. The van der Waals surface area contributed by atoms with Crippen molar-refractivity contribution < 1.29 is 0 Å². The molecule has 4 heteroatoms. The summed E-state index contributed by atoms with van der Waals surface area (Å²) in [7, 11) is 0. The lowest BCUT2D eigenvalue weighted by molar-refractivity contribution is 1.64. The Kier molecular flexibility index (Phi) is 3.38. The largest absolute Gasteiger partial charge is 0.140 e. The number of aryl methyl sites for hydroxylation is 1. The Labute approximate surface area is 126 Å². The third-order valence-electron chi connectivity index (χ3n) is 2.41. The lowest BCUT2D eigenvalue weighted by Gasteiger charge is -1.90. The average Bonchev–Trinajstić information content (AvgIpc) is 2.96. The summed E-state index contributed by atoms with van der Waals surface area (Å²) in [5, 5.41) is 0. The molecule has 0 radical (unpaired) electrons. The molecule has 0 N–H and O–H groups in total. The van der Waals surface area contributed by atoms with E-state index in [1.807, 2.05) is 34.0 Å². The third kappa shape index (κ3) is 2.50. The maximum atomic E-state index is 2.37. The highest BCUT2D eigenvalue weighted by molar-refractivity contribution is 14.1. The van der Waals surface area contributed by atoms with Crippen molar-refractivity contribution in [2.24, 2.45) is 0 Å². The molecule has 0 aliphatic heterocycles. The van der Waals surface area contributed by atoms with Crippen LogP contribution in [0.4, 0.5) is 0 Å². The van der Waals surface area contributed by atoms with Crippen molar-refractivity contribution in [2.45, 2.75) is 6.92 Å². The van der Waals surface area contributed by atoms with Gasteiger partial charge in [0.2, 0.25) is 0 Å². The Bertz CT molecular complexity index is 590. The molecule has 0 spiro atoms. The van der Waals surface area contributed by atoms with Crippen molar-refractivity contribution in [3.05, 3.63) is 44.2 Å². The molecule has 3 aromatic heterocycles. The van der Waals surface area contributed by atoms with E-state index in [1.165, 1.54) is 27.3 Å². The van der Waals surface area contributed by atoms with Crippen LogP contribution in [0.15, 0.2) is 36.4 Å². The number of thiophene rings is 3. The van der Waals surface area contributed by atoms with Gasteiger partial charge in [0.15, 0.2) is 0 Å². The van der Waals surface area contributed by atoms with Crippen LogP contribution >= 0.6 is 56.6 Å². The van der Waals surface area contributed by atoms with Gasteiger partial charge in [0.05, 0.1) is 2.88 Å². The first-order chi connectivity index (χ1) is 8.22. The molecule has 0 amide bonds. The second kappa shape index (κ2) is 4.84. The summed E-state index contributed by atoms with van der Waals surface area (Å²) < 4.78 is 1.35. The van der Waals surface area contributed by atoms with Crippen LogP contribution in [0.1, 0.15) is 4.88 Å². The zero-order valence-corrected chi connectivity index (χ0v) is 13.7. The Morgan fingerprint density at radius 2 is 1.24 bits per heavy atom. The van der Waals surface area contributed by atoms with E-state index in [2.05, 4.69) is 65.9 Å². The van der Waals surface area contributed by atoms with Gasteiger partial charge in [-0.25, -0.2) is 0 Å². The summed E-state index contributed by atoms with van der Waals surface area (Å²) in [6.07, 6.45) is 0. The lowest BCUT2D eigenvalue weighted by atomic mass is 10.3. The van der Waals surface area contributed by atoms with E-state index in [1.54, 1.807) is 0 Å². The molecule has 0 aromatic carbocycles. The number of hydrogen-bond acceptors (Lipinski definition) is 3. The van der Waals surface area contributed by atoms with E-state index in [0.717, 1.165) is 0 Å². The minimum absolute atomic E-state index is 1.35. The predicted molar refractivity (Wildman–Crippen MR) is 88.4 cm³/mol. The fourth-order valence-electron chi connectivity index (χ4n) is 1.62. The van der Waals surface area contributed by atoms with E-state index >= 15 is 0 Å². The van der Waals surface area contributed by atoms with Gasteiger partial charge >= 0.3 is 0 Å². The Morgan fingerprint density at radius 1 is 0.706 bits per heavy atom. The van der Waals surface area contributed by atoms with Crippen LogP contribution in [0.5, 0.6) is 0 Å². The summed E-state index contributed by atoms with van der Waals surface area (Å²) >= 11 is 7.98. The van der Waals surface area contributed by atoms with Crippen LogP contribution in [0.2, 0.25) is 0 Å². The molecule has 0 bridgehead atoms. The van der Waals surface area contributed by atoms with E-state index in [-0.39, 0.29) is 0 Å². The molecule has 0 fully saturated rings. The van der Waals surface area contributed by atoms with Crippen LogP contribution in [0.3, 0.4) is 0 Å². The summed E-state index contributed by atoms with van der Waals surface area (Å²) in [6.45, 7) is 2.16. The quantitative estimate of drug-likeness (QED) is 0.464. The first-order valence-corrected chi connectivity index (χ1v) is 8.67. The Morgan fingerprint density at radius 3 is 1.76 bits per heavy atom. The molecule has 0 nitrogen and oxygen atoms in total. The maximum absolute atomic E-state index is 2.37. The van der Waals surface area contributed by atoms with Crippen LogP contribution in [-0.4, -0.2) is 0 Å². The normalized spacial score (nSPS) is 10.9. The van der Waals surface area contributed by atoms with Gasteiger partial charge < -0.3 is 0 Å². The first-order valence-electron chi connectivity index (χ1n) is 5.15. The van der Waals surface area contributed by atoms with Gasteiger partial charge in [-0.15, -0.1) is 34.0 Å². The molecule has 17 heavy (non-hydrogen) atoms. The van der Waals surface area contributed by atoms with Gasteiger partial charge in [0.25, 0.3) is 0 Å². The molecule has 3 heterocycles. The highest BCUT2D eigenvalue weighted by atomic mass is 127. The summed E-state index contributed by atoms with van der Waals surface area (Å²) in [6, 6.07) is 13.3. The van der Waals surface area contributed by atoms with Gasteiger partial charge in [-0.05, 0) is 65.9 Å². The standard InChI is InChI=1S/C13H9IS3/c1-8-2-3-9(15-8)10-4-5-11(16-10)12-6-7-13(14)17-12/h2-7H,1H3. The zero-order valence-electron chi connectivity index (χ0n) is 9.07. The van der Waals surface area contributed by atoms with E-state index < -0.39 is 0 Å². The van der Waals surface area contributed by atoms with Crippen LogP contribution in [0.25, 0.3) is 19.5 Å². The number of halogens is 1. The van der Waals surface area contributed by atoms with Gasteiger partial charge in [0.1, 0.15) is 0 Å². The topological polar surface area (TPSA) is 0 Å². The van der Waals surface area contributed by atoms with Crippen molar-refractivity contribution >= 4 is 56.6 Å². The second-order valence-corrected chi connectivity index (χ2v) is 9.03. The number of rotatable bonds is 2. The van der Waals surface area contributed by atoms with Gasteiger partial charge in [-0.1, -0.05) is 0 Å². The van der Waals surface area contributed by atoms with Crippen molar-refractivity contribution in [3.8, 4) is 19.5 Å². The SMILES string of the molecule is Cc1ccc(-c2ccc(-c3ccc(I)s3)s2)s1. The van der Waals surface area contributed by atoms with Crippen molar-refractivity contribution in [2.75, 3.05) is 0 Å². The van der Waals surface area contributed by atoms with Crippen LogP contribution < -0.4 is 0 Å². The van der Waals surface area contributed by atoms with Gasteiger partial charge in [-0.2, -0.15) is 0 Å². The maximum Gasteiger partial charge on any atom is 0.0660 e. The fraction of sp³-hybridized carbons (Fsp3) is 0.0769. The van der Waals surface area contributed by atoms with Crippen molar-refractivity contribution in [1.82, 2.24) is 0 Å². The zero-order chi connectivity index (χ0) is 11.8. The lowest BCUT2D eigenvalue weighted by Crippen LogP contribution is -1.57. The number of hydrogen-bond donors (Lipinski definition) is 0. The molecule has 86 valence electrons. The van der Waals surface area contributed by atoms with Crippen LogP contribution in [-0.2, 0) is 0 Å². The third-order valence-corrected chi connectivity index (χ3v) is 6.78. The molecule has 0 saturated carbocycles. The van der Waals surface area contributed by atoms with Crippen molar-refractivity contribution in [1.29, 1.82) is 0 Å². The molecule has 0 unspecified atom stereocenters. The fourth-order valence-corrected chi connectivity index (χ4v) is 5.29. The second-order valence-electron chi connectivity index (χ2n) is 3.68. The van der Waals surface area contributed by atoms with E-state index in [0.29, 0.717) is 0 Å². The Hall–Kier alpha value is -0.170. The highest BCUT2D eigenvalue weighted by Crippen LogP contribution is 2.39. The van der Waals surface area contributed by atoms with Gasteiger partial charge in [-0.3, -0.25) is 0 Å². The predicted octanol–water partition coefficient (Wildman–Crippen LogP) is 6.12. The molecule has 3 rings (SSSR count). The molecular formula is C13H9IS3. The van der Waals surface area contributed by atoms with Gasteiger partial charge in [0, 0.05) is 24.4 Å². The summed E-state index contributed by atoms with van der Waals surface area (Å²) in [5.41, 5.74) is 0. The Balaban J connectivity index is 1.98. The smallest absolute Gasteiger partial charge is 0.0660 e. The minimum atomic E-state index is 1.35. The van der Waals surface area contributed by atoms with E-state index in [9.17, 15) is 0 Å². The monoisotopic (exact) mass is 388 g/mol. The highest BCUT2D eigenvalue weighted by Gasteiger charge is 2.08. The molecule has 0 saturated heterocycles. The minimum Gasteiger partial charge on any atom is -0.140 e. The van der Waals surface area contributed by atoms with Crippen molar-refractivity contribution in [3.63, 3.8) is 0 Å². The molecule has 0 atom stereocenters. The molecule has 3 aromatic rings. The van der Waals surface area contributed by atoms with Crippen LogP contribution in [0, 0.1) is 9.81 Å². The molecular weight excluding hydrogens is 379 g/mol. The first kappa shape index (κ1) is 11.9.